The first-order valence-corrected chi connectivity index (χ1v) is 24.2. The maximum Gasteiger partial charge on any atom is 0.499 e. The van der Waals surface area contributed by atoms with Gasteiger partial charge in [0.2, 0.25) is 5.69 Å². The van der Waals surface area contributed by atoms with Crippen LogP contribution in [0.25, 0.3) is 83.9 Å². The fraction of sp³-hybridized carbons (Fsp3) is 0.226. The van der Waals surface area contributed by atoms with Gasteiger partial charge in [0.1, 0.15) is 22.6 Å². The van der Waals surface area contributed by atoms with Crippen molar-refractivity contribution in [3.63, 3.8) is 0 Å². The molecule has 9 aromatic rings. The van der Waals surface area contributed by atoms with Gasteiger partial charge in [-0.15, -0.1) is 9.13 Å². The number of hydrogen-bond donors (Lipinski definition) is 0. The van der Waals surface area contributed by atoms with E-state index in [4.69, 9.17) is 4.74 Å². The smallest absolute Gasteiger partial charge is 0.392 e. The van der Waals surface area contributed by atoms with E-state index in [1.807, 2.05) is 0 Å². The highest BCUT2D eigenvalue weighted by atomic mass is 16.5. The van der Waals surface area contributed by atoms with E-state index in [1.165, 1.54) is 78.0 Å². The van der Waals surface area contributed by atoms with Crippen LogP contribution in [-0.4, -0.2) is 4.57 Å². The van der Waals surface area contributed by atoms with Crippen molar-refractivity contribution in [1.82, 2.24) is 4.57 Å². The first kappa shape index (κ1) is 40.5. The molecule has 1 atom stereocenters. The zero-order chi connectivity index (χ0) is 45.1. The zero-order valence-electron chi connectivity index (χ0n) is 39.2. The van der Waals surface area contributed by atoms with Crippen LogP contribution in [0.1, 0.15) is 89.5 Å². The highest BCUT2D eigenvalue weighted by Crippen LogP contribution is 2.55. The third kappa shape index (κ3) is 5.45. The van der Waals surface area contributed by atoms with Crippen molar-refractivity contribution in [3.05, 3.63) is 192 Å². The lowest BCUT2D eigenvalue weighted by molar-refractivity contribution is -0.997. The van der Waals surface area contributed by atoms with Crippen LogP contribution in [0.2, 0.25) is 0 Å². The summed E-state index contributed by atoms with van der Waals surface area (Å²) in [6.45, 7) is 16.7. The molecule has 3 aliphatic rings. The Morgan fingerprint density at radius 2 is 1.14 bits per heavy atom. The molecule has 2 aromatic heterocycles. The van der Waals surface area contributed by atoms with E-state index in [2.05, 4.69) is 232 Å². The number of rotatable bonds is 10. The van der Waals surface area contributed by atoms with Gasteiger partial charge in [0.05, 0.1) is 5.56 Å². The maximum absolute atomic E-state index is 7.69. The predicted octanol–water partition coefficient (Wildman–Crippen LogP) is 14.9. The van der Waals surface area contributed by atoms with E-state index in [0.717, 1.165) is 59.5 Å². The summed E-state index contributed by atoms with van der Waals surface area (Å²) in [5.41, 5.74) is 22.2. The number of aromatic nitrogens is 3. The molecule has 5 heterocycles. The SMILES string of the molecule is CCC(C)(CC)c1cccc(C(C)(CC)CC)c1-c1ccc(-n2c3[n+]4c5c(cccc52)-c2cc(-c5ccccc5)cc5c2C4(Oc2ccccc2-3)[n+]2ccc(-c3ccccc3)cc2-5)c(C)c1. The lowest BCUT2D eigenvalue weighted by Crippen LogP contribution is -2.78. The van der Waals surface area contributed by atoms with Crippen molar-refractivity contribution < 1.29 is 13.9 Å². The zero-order valence-corrected chi connectivity index (χ0v) is 39.2. The van der Waals surface area contributed by atoms with E-state index >= 15 is 0 Å². The second kappa shape index (κ2) is 14.7. The molecule has 4 nitrogen and oxygen atoms in total. The molecule has 0 saturated heterocycles. The summed E-state index contributed by atoms with van der Waals surface area (Å²) in [5, 5.41) is 0. The first-order valence-electron chi connectivity index (χ1n) is 24.2. The lowest BCUT2D eigenvalue weighted by atomic mass is 9.68. The van der Waals surface area contributed by atoms with Crippen LogP contribution in [0, 0.1) is 6.92 Å². The molecule has 0 aliphatic carbocycles. The van der Waals surface area contributed by atoms with Crippen molar-refractivity contribution in [2.45, 2.75) is 90.8 Å². The molecule has 0 radical (unpaired) electrons. The van der Waals surface area contributed by atoms with Gasteiger partial charge >= 0.3 is 11.7 Å². The summed E-state index contributed by atoms with van der Waals surface area (Å²) in [6.07, 6.45) is 6.61. The average molecular weight is 860 g/mol. The van der Waals surface area contributed by atoms with Crippen molar-refractivity contribution >= 4 is 11.0 Å². The lowest BCUT2D eigenvalue weighted by Gasteiger charge is -2.36. The van der Waals surface area contributed by atoms with Crippen molar-refractivity contribution in [2.24, 2.45) is 0 Å². The van der Waals surface area contributed by atoms with E-state index in [1.54, 1.807) is 0 Å². The molecule has 0 saturated carbocycles. The van der Waals surface area contributed by atoms with Crippen molar-refractivity contribution in [1.29, 1.82) is 0 Å². The molecule has 12 rings (SSSR count). The minimum absolute atomic E-state index is 0.0572. The number of nitrogens with zero attached hydrogens (tertiary/aromatic N) is 3. The van der Waals surface area contributed by atoms with Crippen LogP contribution in [-0.2, 0) is 16.7 Å². The van der Waals surface area contributed by atoms with E-state index in [9.17, 15) is 0 Å². The highest BCUT2D eigenvalue weighted by molar-refractivity contribution is 5.99. The molecule has 3 aliphatic heterocycles. The van der Waals surface area contributed by atoms with Crippen LogP contribution in [0.3, 0.4) is 0 Å². The number of benzene rings is 7. The minimum Gasteiger partial charge on any atom is -0.392 e. The molecule has 0 bridgehead atoms. The Balaban J connectivity index is 1.17. The molecule has 4 heteroatoms. The van der Waals surface area contributed by atoms with Crippen LogP contribution in [0.5, 0.6) is 5.75 Å². The molecule has 0 N–H and O–H groups in total. The Hall–Kier alpha value is -7.04. The van der Waals surface area contributed by atoms with Gasteiger partial charge in [-0.2, -0.15) is 4.57 Å². The van der Waals surface area contributed by atoms with Crippen LogP contribution in [0.15, 0.2) is 170 Å². The Morgan fingerprint density at radius 1 is 0.530 bits per heavy atom. The molecule has 1 unspecified atom stereocenters. The van der Waals surface area contributed by atoms with Gasteiger partial charge in [0.25, 0.3) is 0 Å². The summed E-state index contributed by atoms with van der Waals surface area (Å²) in [7, 11) is 0. The van der Waals surface area contributed by atoms with Gasteiger partial charge in [-0.1, -0.05) is 145 Å². The maximum atomic E-state index is 7.69. The van der Waals surface area contributed by atoms with Gasteiger partial charge < -0.3 is 4.74 Å². The third-order valence-corrected chi connectivity index (χ3v) is 16.3. The van der Waals surface area contributed by atoms with Gasteiger partial charge in [-0.3, -0.25) is 0 Å². The topological polar surface area (TPSA) is 21.9 Å². The number of ether oxygens (including phenoxy) is 1. The Bertz CT molecular complexity index is 3390. The summed E-state index contributed by atoms with van der Waals surface area (Å²) < 4.78 is 15.2. The molecule has 0 fully saturated rings. The Kier molecular flexibility index (Phi) is 9.04. The second-order valence-electron chi connectivity index (χ2n) is 19.5. The predicted molar refractivity (Wildman–Crippen MR) is 270 cm³/mol. The number of hydrogen-bond acceptors (Lipinski definition) is 1. The van der Waals surface area contributed by atoms with Crippen LogP contribution in [0.4, 0.5) is 0 Å². The summed E-state index contributed by atoms with van der Waals surface area (Å²) in [6, 6.07) is 61.0. The monoisotopic (exact) mass is 859 g/mol. The van der Waals surface area contributed by atoms with Gasteiger partial charge in [0.15, 0.2) is 17.2 Å². The van der Waals surface area contributed by atoms with E-state index in [-0.39, 0.29) is 10.8 Å². The third-order valence-electron chi connectivity index (χ3n) is 16.3. The standard InChI is InChI=1S/C62H57N3O/c1-8-60(6,9-2)50-28-21-29-51(61(7,10-3)11-4)56(50)44-32-33-52(40(5)36-44)64-53-30-20-27-46-48-37-45(42-24-16-13-17-25-42)38-49-54-39-43(41-22-14-12-15-23-41)34-35-63(54)62(57(48)49)65(58(46)53)59(64)47-26-18-19-31-55(47)66-62/h12-39H,8-11H2,1-7H3/q+2. The highest BCUT2D eigenvalue weighted by Gasteiger charge is 2.68. The van der Waals surface area contributed by atoms with Gasteiger partial charge in [-0.05, 0) is 142 Å². The second-order valence-corrected chi connectivity index (χ2v) is 19.5. The van der Waals surface area contributed by atoms with E-state index in [0.29, 0.717) is 0 Å². The summed E-state index contributed by atoms with van der Waals surface area (Å²) in [4.78, 5) is 0. The molecule has 66 heavy (non-hydrogen) atoms. The Labute approximate surface area is 389 Å². The number of aryl methyl sites for hydroxylation is 1. The van der Waals surface area contributed by atoms with E-state index < -0.39 is 5.85 Å². The number of imidazole rings is 1. The normalized spacial score (nSPS) is 15.3. The fourth-order valence-corrected chi connectivity index (χ4v) is 11.8. The summed E-state index contributed by atoms with van der Waals surface area (Å²) in [5.74, 6) is 0.955. The molecular weight excluding hydrogens is 803 g/mol. The molecule has 7 aromatic carbocycles. The van der Waals surface area contributed by atoms with Crippen LogP contribution >= 0.6 is 0 Å². The molecule has 1 spiro atoms. The molecule has 324 valence electrons. The number of fused-ring (bicyclic) bond motifs is 5. The van der Waals surface area contributed by atoms with Crippen LogP contribution < -0.4 is 13.9 Å². The van der Waals surface area contributed by atoms with Gasteiger partial charge in [-0.25, -0.2) is 0 Å². The summed E-state index contributed by atoms with van der Waals surface area (Å²) >= 11 is 0. The quantitative estimate of drug-likeness (QED) is 0.126. The van der Waals surface area contributed by atoms with Crippen molar-refractivity contribution in [3.8, 4) is 78.6 Å². The fourth-order valence-electron chi connectivity index (χ4n) is 11.8. The number of pyridine rings is 1. The largest absolute Gasteiger partial charge is 0.499 e. The first-order chi connectivity index (χ1) is 32.2. The van der Waals surface area contributed by atoms with Gasteiger partial charge in [0, 0.05) is 23.3 Å². The molecular formula is C62H57N3O+2. The average Bonchev–Trinajstić information content (AvgIpc) is 3.87. The Morgan fingerprint density at radius 3 is 1.80 bits per heavy atom. The van der Waals surface area contributed by atoms with Crippen molar-refractivity contribution in [2.75, 3.05) is 0 Å². The minimum atomic E-state index is -1.02. The number of para-hydroxylation sites is 2. The molecule has 0 amide bonds.